The first-order chi connectivity index (χ1) is 8.42. The summed E-state index contributed by atoms with van der Waals surface area (Å²) in [6.07, 6.45) is 0.809. The highest BCUT2D eigenvalue weighted by molar-refractivity contribution is 7.91. The van der Waals surface area contributed by atoms with Crippen LogP contribution in [0, 0.1) is 0 Å². The molecule has 0 amide bonds. The van der Waals surface area contributed by atoms with Crippen molar-refractivity contribution in [2.75, 3.05) is 7.11 Å². The normalized spacial score (nSPS) is 13.2. The van der Waals surface area contributed by atoms with Gasteiger partial charge in [0, 0.05) is 0 Å². The fraction of sp³-hybridized carbons (Fsp3) is 0.500. The Balaban J connectivity index is 2.97. The van der Waals surface area contributed by atoms with Gasteiger partial charge in [-0.15, -0.1) is 11.3 Å². The number of methoxy groups -OCH3 is 1. The zero-order valence-corrected chi connectivity index (χ0v) is 11.7. The van der Waals surface area contributed by atoms with Crippen molar-refractivity contribution in [3.05, 3.63) is 11.4 Å². The zero-order valence-electron chi connectivity index (χ0n) is 10.0. The minimum atomic E-state index is -3.86. The number of thiophene rings is 1. The van der Waals surface area contributed by atoms with Gasteiger partial charge in [-0.05, 0) is 17.9 Å². The van der Waals surface area contributed by atoms with Crippen LogP contribution in [-0.2, 0) is 14.8 Å². The Kier molecular flexibility index (Phi) is 5.12. The standard InChI is InChI=1S/C10H15NO5S2/c1-3-4-7(9(12)13)11-18(14,15)10-8(16-2)5-6-17-10/h5-7,11H,3-4H2,1-2H3,(H,12,13). The van der Waals surface area contributed by atoms with Crippen LogP contribution in [0.25, 0.3) is 0 Å². The van der Waals surface area contributed by atoms with E-state index in [0.717, 1.165) is 11.3 Å². The molecule has 0 aromatic carbocycles. The first-order valence-electron chi connectivity index (χ1n) is 5.29. The Hall–Kier alpha value is -1.12. The Morgan fingerprint density at radius 3 is 2.78 bits per heavy atom. The molecule has 0 aliphatic heterocycles. The van der Waals surface area contributed by atoms with E-state index in [4.69, 9.17) is 9.84 Å². The van der Waals surface area contributed by atoms with Crippen molar-refractivity contribution in [2.45, 2.75) is 30.0 Å². The first-order valence-corrected chi connectivity index (χ1v) is 7.65. The summed E-state index contributed by atoms with van der Waals surface area (Å²) >= 11 is 0.984. The Morgan fingerprint density at radius 2 is 2.28 bits per heavy atom. The summed E-state index contributed by atoms with van der Waals surface area (Å²) in [6.45, 7) is 1.79. The van der Waals surface area contributed by atoms with E-state index < -0.39 is 22.0 Å². The van der Waals surface area contributed by atoms with Gasteiger partial charge in [0.2, 0.25) is 0 Å². The predicted molar refractivity (Wildman–Crippen MR) is 67.5 cm³/mol. The molecule has 0 saturated heterocycles. The molecular formula is C10H15NO5S2. The molecule has 0 aliphatic rings. The van der Waals surface area contributed by atoms with E-state index in [1.165, 1.54) is 13.2 Å². The van der Waals surface area contributed by atoms with Gasteiger partial charge in [-0.2, -0.15) is 4.72 Å². The van der Waals surface area contributed by atoms with Crippen LogP contribution >= 0.6 is 11.3 Å². The lowest BCUT2D eigenvalue weighted by molar-refractivity contribution is -0.139. The molecule has 1 heterocycles. The lowest BCUT2D eigenvalue weighted by atomic mass is 10.2. The van der Waals surface area contributed by atoms with Crippen LogP contribution < -0.4 is 9.46 Å². The first kappa shape index (κ1) is 14.9. The van der Waals surface area contributed by atoms with Gasteiger partial charge in [0.15, 0.2) is 4.21 Å². The molecular weight excluding hydrogens is 278 g/mol. The summed E-state index contributed by atoms with van der Waals surface area (Å²) in [5.74, 6) is -0.968. The molecule has 1 rings (SSSR count). The highest BCUT2D eigenvalue weighted by Crippen LogP contribution is 2.29. The summed E-state index contributed by atoms with van der Waals surface area (Å²) < 4.78 is 31.1. The van der Waals surface area contributed by atoms with Crippen LogP contribution in [0.2, 0.25) is 0 Å². The maximum atomic E-state index is 12.0. The number of sulfonamides is 1. The van der Waals surface area contributed by atoms with Crippen LogP contribution in [0.4, 0.5) is 0 Å². The van der Waals surface area contributed by atoms with Crippen LogP contribution in [0.5, 0.6) is 5.75 Å². The monoisotopic (exact) mass is 293 g/mol. The summed E-state index contributed by atoms with van der Waals surface area (Å²) in [7, 11) is -2.50. The van der Waals surface area contributed by atoms with Crippen molar-refractivity contribution in [1.29, 1.82) is 0 Å². The number of carboxylic acid groups (broad SMARTS) is 1. The zero-order chi connectivity index (χ0) is 13.8. The van der Waals surface area contributed by atoms with Gasteiger partial charge >= 0.3 is 5.97 Å². The largest absolute Gasteiger partial charge is 0.494 e. The number of rotatable bonds is 7. The van der Waals surface area contributed by atoms with Crippen LogP contribution in [0.3, 0.4) is 0 Å². The molecule has 1 unspecified atom stereocenters. The minimum absolute atomic E-state index is 0.00708. The second-order valence-electron chi connectivity index (χ2n) is 3.58. The summed E-state index contributed by atoms with van der Waals surface area (Å²) in [6, 6.07) is 0.404. The third-order valence-corrected chi connectivity index (χ3v) is 5.15. The second kappa shape index (κ2) is 6.17. The van der Waals surface area contributed by atoms with E-state index in [0.29, 0.717) is 6.42 Å². The van der Waals surface area contributed by atoms with Crippen LogP contribution in [0.15, 0.2) is 15.7 Å². The molecule has 0 aliphatic carbocycles. The van der Waals surface area contributed by atoms with E-state index in [1.807, 2.05) is 0 Å². The van der Waals surface area contributed by atoms with Crippen molar-refractivity contribution in [1.82, 2.24) is 4.72 Å². The molecule has 0 spiro atoms. The van der Waals surface area contributed by atoms with E-state index in [1.54, 1.807) is 12.3 Å². The van der Waals surface area contributed by atoms with E-state index in [9.17, 15) is 13.2 Å². The number of aliphatic carboxylic acids is 1. The Morgan fingerprint density at radius 1 is 1.61 bits per heavy atom. The molecule has 0 bridgehead atoms. The average Bonchev–Trinajstić information content (AvgIpc) is 2.76. The summed E-state index contributed by atoms with van der Waals surface area (Å²) in [5, 5.41) is 10.5. The number of ether oxygens (including phenoxy) is 1. The van der Waals surface area contributed by atoms with Crippen molar-refractivity contribution >= 4 is 27.3 Å². The molecule has 1 aromatic heterocycles. The van der Waals surface area contributed by atoms with Crippen molar-refractivity contribution < 1.29 is 23.1 Å². The fourth-order valence-corrected chi connectivity index (χ4v) is 3.91. The maximum absolute atomic E-state index is 12.0. The Labute approximate surface area is 110 Å². The summed E-state index contributed by atoms with van der Waals surface area (Å²) in [4.78, 5) is 10.9. The van der Waals surface area contributed by atoms with E-state index in [2.05, 4.69) is 4.72 Å². The van der Waals surface area contributed by atoms with Gasteiger partial charge in [0.05, 0.1) is 7.11 Å². The number of hydrogen-bond donors (Lipinski definition) is 2. The maximum Gasteiger partial charge on any atom is 0.321 e. The van der Waals surface area contributed by atoms with Crippen molar-refractivity contribution in [2.24, 2.45) is 0 Å². The summed E-state index contributed by atoms with van der Waals surface area (Å²) in [5.41, 5.74) is 0. The third-order valence-electron chi connectivity index (χ3n) is 2.23. The highest BCUT2D eigenvalue weighted by atomic mass is 32.2. The fourth-order valence-electron chi connectivity index (χ4n) is 1.39. The van der Waals surface area contributed by atoms with Gasteiger partial charge in [0.25, 0.3) is 10.0 Å². The second-order valence-corrected chi connectivity index (χ2v) is 6.40. The molecule has 0 fully saturated rings. The molecule has 102 valence electrons. The van der Waals surface area contributed by atoms with Crippen molar-refractivity contribution in [3.8, 4) is 5.75 Å². The van der Waals surface area contributed by atoms with Crippen LogP contribution in [-0.4, -0.2) is 32.6 Å². The lowest BCUT2D eigenvalue weighted by Crippen LogP contribution is -2.40. The van der Waals surface area contributed by atoms with Gasteiger partial charge in [-0.3, -0.25) is 4.79 Å². The van der Waals surface area contributed by atoms with Gasteiger partial charge in [0.1, 0.15) is 11.8 Å². The predicted octanol–water partition coefficient (Wildman–Crippen LogP) is 1.29. The quantitative estimate of drug-likeness (QED) is 0.790. The molecule has 8 heteroatoms. The number of carboxylic acids is 1. The number of nitrogens with one attached hydrogen (secondary N) is 1. The molecule has 2 N–H and O–H groups in total. The molecule has 18 heavy (non-hydrogen) atoms. The molecule has 0 saturated carbocycles. The average molecular weight is 293 g/mol. The van der Waals surface area contributed by atoms with Gasteiger partial charge < -0.3 is 9.84 Å². The molecule has 1 aromatic rings. The van der Waals surface area contributed by atoms with Crippen molar-refractivity contribution in [3.63, 3.8) is 0 Å². The molecule has 6 nitrogen and oxygen atoms in total. The highest BCUT2D eigenvalue weighted by Gasteiger charge is 2.27. The Bertz CT molecular complexity index is 508. The topological polar surface area (TPSA) is 92.7 Å². The van der Waals surface area contributed by atoms with Gasteiger partial charge in [-0.25, -0.2) is 8.42 Å². The SMILES string of the molecule is CCCC(NS(=O)(=O)c1sccc1OC)C(=O)O. The number of hydrogen-bond acceptors (Lipinski definition) is 5. The number of carbonyl (C=O) groups is 1. The molecule has 1 atom stereocenters. The third kappa shape index (κ3) is 3.44. The van der Waals surface area contributed by atoms with Crippen LogP contribution in [0.1, 0.15) is 19.8 Å². The van der Waals surface area contributed by atoms with E-state index >= 15 is 0 Å². The molecule has 0 radical (unpaired) electrons. The minimum Gasteiger partial charge on any atom is -0.494 e. The van der Waals surface area contributed by atoms with E-state index in [-0.39, 0.29) is 16.4 Å². The van der Waals surface area contributed by atoms with Gasteiger partial charge in [-0.1, -0.05) is 13.3 Å². The smallest absolute Gasteiger partial charge is 0.321 e. The lowest BCUT2D eigenvalue weighted by Gasteiger charge is -2.13.